The van der Waals surface area contributed by atoms with Crippen LogP contribution in [-0.2, 0) is 96.1 Å². The molecule has 11 amide bonds. The zero-order valence-electron chi connectivity index (χ0n) is 63.9. The fourth-order valence-corrected chi connectivity index (χ4v) is 11.9. The van der Waals surface area contributed by atoms with Crippen LogP contribution in [-0.4, -0.2) is 208 Å². The zero-order valence-corrected chi connectivity index (χ0v) is 63.9. The average molecular weight is 1520 g/mol. The molecule has 37 heteroatoms. The second kappa shape index (κ2) is 43.0. The van der Waals surface area contributed by atoms with Crippen molar-refractivity contribution in [2.45, 2.75) is 233 Å². The van der Waals surface area contributed by atoms with E-state index in [1.165, 1.54) is 75.1 Å². The topological polar surface area (TPSA) is 555 Å². The summed E-state index contributed by atoms with van der Waals surface area (Å²) in [4.78, 5) is 215. The maximum absolute atomic E-state index is 15.1. The molecule has 596 valence electrons. The second-order valence-electron chi connectivity index (χ2n) is 28.2. The Balaban J connectivity index is 1.23. The number of aromatic nitrogens is 12. The number of H-pyrrole nitrogens is 6. The molecule has 6 aromatic rings. The summed E-state index contributed by atoms with van der Waals surface area (Å²) in [5, 5.41) is 40.5. The molecule has 0 fully saturated rings. The molecule has 0 aliphatic rings. The number of nitrogens with two attached hydrogens (primary N) is 1. The molecule has 20 N–H and O–H groups in total. The summed E-state index contributed by atoms with van der Waals surface area (Å²) in [5.41, 5.74) is 8.80. The van der Waals surface area contributed by atoms with E-state index >= 15 is 14.4 Å². The van der Waals surface area contributed by atoms with E-state index in [4.69, 9.17) is 5.73 Å². The number of aromatic amines is 6. The molecule has 0 saturated carbocycles. The minimum atomic E-state index is -1.53. The minimum absolute atomic E-state index is 0.0538. The lowest BCUT2D eigenvalue weighted by molar-refractivity contribution is -0.144. The van der Waals surface area contributed by atoms with Gasteiger partial charge in [0.1, 0.15) is 66.5 Å². The van der Waals surface area contributed by atoms with Gasteiger partial charge in [-0.2, -0.15) is 0 Å². The number of imidazole rings is 6. The SMILES string of the molecule is CC[C@H](C)[C@H](NC(=O)[C@@H](NC(=O)[C@@H](NC(=O)[C@@H](NC(=O)[C@@H](NC(=O)[C@@H](NC(=O)[C@H](Cc1cnc[nH]1)NC(=O)[C@H](Cc1cnc[nH]1)NC(=O)[C@H](Cc1cnc[nH]1)NC(=O)[C@H](Cc1cnc[nH]1)NC(=O)[C@H](Cc1cnc[nH]1)NC(=O)[C@@H](N)Cc1cnc[nH]1)[C@@H](C)CC)[C@@H](C)CC)[C@@H](C)CC)[C@@H](C)CC)[C@@H](C)CC)C(=O)O. The summed E-state index contributed by atoms with van der Waals surface area (Å²) >= 11 is 0. The number of hydrogen-bond acceptors (Lipinski definition) is 19. The van der Waals surface area contributed by atoms with Crippen molar-refractivity contribution in [1.29, 1.82) is 0 Å². The fraction of sp³-hybridized carbons (Fsp3) is 0.583. The maximum Gasteiger partial charge on any atom is 0.326 e. The number of nitrogens with one attached hydrogen (secondary N) is 17. The van der Waals surface area contributed by atoms with Gasteiger partial charge in [0.2, 0.25) is 65.0 Å². The summed E-state index contributed by atoms with van der Waals surface area (Å²) in [5.74, 6) is -13.0. The van der Waals surface area contributed by atoms with Crippen LogP contribution >= 0.6 is 0 Å². The zero-order chi connectivity index (χ0) is 80.0. The lowest BCUT2D eigenvalue weighted by Crippen LogP contribution is -2.63. The van der Waals surface area contributed by atoms with Crippen LogP contribution in [0.2, 0.25) is 0 Å². The van der Waals surface area contributed by atoms with Gasteiger partial charge in [0.15, 0.2) is 0 Å². The molecule has 0 aliphatic carbocycles. The smallest absolute Gasteiger partial charge is 0.326 e. The molecule has 0 bridgehead atoms. The molecule has 18 atom stereocenters. The lowest BCUT2D eigenvalue weighted by atomic mass is 9.92. The molecule has 109 heavy (non-hydrogen) atoms. The largest absolute Gasteiger partial charge is 0.480 e. The van der Waals surface area contributed by atoms with E-state index in [1.807, 2.05) is 20.8 Å². The van der Waals surface area contributed by atoms with Crippen molar-refractivity contribution in [3.8, 4) is 0 Å². The Kier molecular flexibility index (Phi) is 34.2. The Morgan fingerprint density at radius 1 is 0.284 bits per heavy atom. The molecule has 37 nitrogen and oxygen atoms in total. The number of carbonyl (C=O) groups is 12. The lowest BCUT2D eigenvalue weighted by Gasteiger charge is -2.33. The molecule has 0 spiro atoms. The second-order valence-corrected chi connectivity index (χ2v) is 28.2. The Hall–Kier alpha value is -11.1. The first-order valence-corrected chi connectivity index (χ1v) is 37.2. The molecule has 6 heterocycles. The van der Waals surface area contributed by atoms with Gasteiger partial charge in [-0.1, -0.05) is 122 Å². The molecule has 6 aromatic heterocycles. The van der Waals surface area contributed by atoms with Crippen LogP contribution in [0.15, 0.2) is 75.1 Å². The molecule has 0 aliphatic heterocycles. The third-order valence-corrected chi connectivity index (χ3v) is 20.1. The number of hydrogen-bond donors (Lipinski definition) is 19. The molecule has 0 saturated heterocycles. The van der Waals surface area contributed by atoms with Gasteiger partial charge >= 0.3 is 5.97 Å². The summed E-state index contributed by atoms with van der Waals surface area (Å²) in [6.07, 6.45) is 18.3. The van der Waals surface area contributed by atoms with Crippen LogP contribution in [0, 0.1) is 35.5 Å². The number of nitrogens with zero attached hydrogens (tertiary/aromatic N) is 6. The van der Waals surface area contributed by atoms with Crippen molar-refractivity contribution >= 4 is 70.9 Å². The van der Waals surface area contributed by atoms with E-state index in [0.717, 1.165) is 0 Å². The minimum Gasteiger partial charge on any atom is -0.480 e. The van der Waals surface area contributed by atoms with Gasteiger partial charge in [-0.05, 0) is 35.5 Å². The van der Waals surface area contributed by atoms with Gasteiger partial charge in [-0.25, -0.2) is 34.7 Å². The van der Waals surface area contributed by atoms with E-state index in [0.29, 0.717) is 72.7 Å². The van der Waals surface area contributed by atoms with Gasteiger partial charge in [0.05, 0.1) is 44.0 Å². The Bertz CT molecular complexity index is 3840. The predicted octanol–water partition coefficient (Wildman–Crippen LogP) is -0.198. The van der Waals surface area contributed by atoms with Gasteiger partial charge in [0, 0.05) is 110 Å². The number of carboxylic acids is 1. The van der Waals surface area contributed by atoms with E-state index in [1.54, 1.807) is 62.3 Å². The number of rotatable bonds is 47. The first-order chi connectivity index (χ1) is 52.0. The normalized spacial score (nSPS) is 16.4. The van der Waals surface area contributed by atoms with Crippen molar-refractivity contribution in [3.63, 3.8) is 0 Å². The first-order valence-electron chi connectivity index (χ1n) is 37.2. The summed E-state index contributed by atoms with van der Waals surface area (Å²) < 4.78 is 0. The van der Waals surface area contributed by atoms with Gasteiger partial charge < -0.3 is 99.2 Å². The highest BCUT2D eigenvalue weighted by Crippen LogP contribution is 2.20. The monoisotopic (exact) mass is 1520 g/mol. The molecule has 0 radical (unpaired) electrons. The fourth-order valence-electron chi connectivity index (χ4n) is 11.9. The number of amides is 11. The quantitative estimate of drug-likeness (QED) is 0.0235. The standard InChI is InChI=1S/C72H110N24O13/c1-13-37(7)55(67(103)92-56(38(8)14-2)68(104)93-57(39(9)15-3)69(105)94-58(40(10)16-4)70(106)95-59(41(11)17-5)71(107)96-60(72(108)109)42(12)18-6)91-66(102)54(24-48-30-79-36-85-48)90-65(101)53(23-47-29-78-35-84-47)89-64(100)52(22-46-28-77-34-83-46)88-63(99)51(21-45-27-76-33-82-45)87-62(98)50(20-44-26-75-32-81-44)86-61(97)49(73)19-43-25-74-31-80-43/h25-42,49-60H,13-24,73H2,1-12H3,(H,74,80)(H,75,81)(H,76,82)(H,77,83)(H,78,84)(H,79,85)(H,86,97)(H,87,98)(H,88,99)(H,89,100)(H,90,101)(H,91,102)(H,92,103)(H,93,104)(H,94,105)(H,95,106)(H,96,107)(H,108,109)/t37-,38-,39-,40-,41-,42-,49-,50-,51-,52-,53-,54-,55-,56-,57-,58-,59-,60-/m0/s1. The highest BCUT2D eigenvalue weighted by atomic mass is 16.4. The summed E-state index contributed by atoms with van der Waals surface area (Å²) in [6, 6.07) is -16.0. The summed E-state index contributed by atoms with van der Waals surface area (Å²) in [7, 11) is 0. The van der Waals surface area contributed by atoms with E-state index in [-0.39, 0.29) is 38.5 Å². The Morgan fingerprint density at radius 3 is 0.651 bits per heavy atom. The number of carboxylic acid groups (broad SMARTS) is 1. The molecule has 6 rings (SSSR count). The third-order valence-electron chi connectivity index (χ3n) is 20.1. The number of carbonyl (C=O) groups excluding carboxylic acids is 11. The van der Waals surface area contributed by atoms with Crippen molar-refractivity contribution in [2.24, 2.45) is 41.2 Å². The molecular formula is C72H110N24O13. The molecular weight excluding hydrogens is 1410 g/mol. The van der Waals surface area contributed by atoms with Gasteiger partial charge in [-0.3, -0.25) is 52.7 Å². The molecule has 0 aromatic carbocycles. The van der Waals surface area contributed by atoms with E-state index in [9.17, 15) is 48.3 Å². The highest BCUT2D eigenvalue weighted by Gasteiger charge is 2.41. The van der Waals surface area contributed by atoms with Crippen LogP contribution in [0.25, 0.3) is 0 Å². The van der Waals surface area contributed by atoms with Crippen molar-refractivity contribution in [1.82, 2.24) is 118 Å². The van der Waals surface area contributed by atoms with Crippen LogP contribution in [0.5, 0.6) is 0 Å². The predicted molar refractivity (Wildman–Crippen MR) is 397 cm³/mol. The van der Waals surface area contributed by atoms with Crippen LogP contribution < -0.4 is 64.2 Å². The van der Waals surface area contributed by atoms with Crippen LogP contribution in [0.1, 0.15) is 156 Å². The van der Waals surface area contributed by atoms with Crippen molar-refractivity contribution in [3.05, 3.63) is 109 Å². The number of aliphatic carboxylic acids is 1. The van der Waals surface area contributed by atoms with Crippen LogP contribution in [0.4, 0.5) is 0 Å². The highest BCUT2D eigenvalue weighted by molar-refractivity contribution is 6.00. The maximum atomic E-state index is 15.1. The van der Waals surface area contributed by atoms with Crippen LogP contribution in [0.3, 0.4) is 0 Å². The van der Waals surface area contributed by atoms with Crippen molar-refractivity contribution in [2.75, 3.05) is 0 Å². The Morgan fingerprint density at radius 2 is 0.459 bits per heavy atom. The summed E-state index contributed by atoms with van der Waals surface area (Å²) in [6.45, 7) is 21.2. The Labute approximate surface area is 632 Å². The third kappa shape index (κ3) is 26.1. The average Bonchev–Trinajstić information content (AvgIpc) is 1.77. The van der Waals surface area contributed by atoms with E-state index < -0.39 is 179 Å². The van der Waals surface area contributed by atoms with Gasteiger partial charge in [0.25, 0.3) is 0 Å². The first kappa shape index (κ1) is 86.8. The van der Waals surface area contributed by atoms with Crippen molar-refractivity contribution < 1.29 is 62.6 Å². The van der Waals surface area contributed by atoms with E-state index in [2.05, 4.69) is 118 Å². The van der Waals surface area contributed by atoms with Gasteiger partial charge in [-0.15, -0.1) is 0 Å². The molecule has 0 unspecified atom stereocenters.